The van der Waals surface area contributed by atoms with Crippen molar-refractivity contribution in [2.24, 2.45) is 0 Å². The molecule has 0 aliphatic rings. The minimum atomic E-state index is -3.33. The molecule has 1 aromatic carbocycles. The SMILES string of the molecule is Cc1cc(N)c(NS(=O)(=O)C(C)C)cc1C. The van der Waals surface area contributed by atoms with Crippen LogP contribution in [0.25, 0.3) is 0 Å². The molecule has 90 valence electrons. The normalized spacial score (nSPS) is 11.8. The molecule has 0 aromatic heterocycles. The molecule has 0 amide bonds. The van der Waals surface area contributed by atoms with E-state index in [1.165, 1.54) is 0 Å². The zero-order chi connectivity index (χ0) is 12.5. The van der Waals surface area contributed by atoms with Crippen molar-refractivity contribution in [1.29, 1.82) is 0 Å². The van der Waals surface area contributed by atoms with Gasteiger partial charge in [-0.3, -0.25) is 4.72 Å². The average Bonchev–Trinajstić information content (AvgIpc) is 2.13. The summed E-state index contributed by atoms with van der Waals surface area (Å²) in [7, 11) is -3.33. The summed E-state index contributed by atoms with van der Waals surface area (Å²) in [5.74, 6) is 0. The second kappa shape index (κ2) is 4.33. The van der Waals surface area contributed by atoms with Crippen molar-refractivity contribution in [1.82, 2.24) is 0 Å². The highest BCUT2D eigenvalue weighted by molar-refractivity contribution is 7.93. The van der Waals surface area contributed by atoms with Gasteiger partial charge in [-0.15, -0.1) is 0 Å². The molecular weight excluding hydrogens is 224 g/mol. The van der Waals surface area contributed by atoms with Crippen LogP contribution in [0.4, 0.5) is 11.4 Å². The lowest BCUT2D eigenvalue weighted by Gasteiger charge is -2.14. The maximum Gasteiger partial charge on any atom is 0.235 e. The van der Waals surface area contributed by atoms with Gasteiger partial charge >= 0.3 is 0 Å². The van der Waals surface area contributed by atoms with Gasteiger partial charge in [0.2, 0.25) is 10.0 Å². The number of hydrogen-bond donors (Lipinski definition) is 2. The van der Waals surface area contributed by atoms with Gasteiger partial charge in [-0.05, 0) is 51.0 Å². The fraction of sp³-hybridized carbons (Fsp3) is 0.455. The van der Waals surface area contributed by atoms with E-state index in [0.29, 0.717) is 11.4 Å². The van der Waals surface area contributed by atoms with E-state index in [1.54, 1.807) is 26.0 Å². The van der Waals surface area contributed by atoms with Crippen molar-refractivity contribution in [3.8, 4) is 0 Å². The lowest BCUT2D eigenvalue weighted by molar-refractivity contribution is 0.593. The second-order valence-corrected chi connectivity index (χ2v) is 6.46. The Labute approximate surface area is 96.9 Å². The van der Waals surface area contributed by atoms with Crippen LogP contribution >= 0.6 is 0 Å². The number of nitrogens with two attached hydrogens (primary N) is 1. The summed E-state index contributed by atoms with van der Waals surface area (Å²) in [6, 6.07) is 3.53. The molecule has 1 rings (SSSR count). The minimum Gasteiger partial charge on any atom is -0.397 e. The van der Waals surface area contributed by atoms with Crippen LogP contribution in [0, 0.1) is 13.8 Å². The van der Waals surface area contributed by atoms with Gasteiger partial charge in [0.25, 0.3) is 0 Å². The summed E-state index contributed by atoms with van der Waals surface area (Å²) in [4.78, 5) is 0. The molecule has 0 spiro atoms. The summed E-state index contributed by atoms with van der Waals surface area (Å²) >= 11 is 0. The van der Waals surface area contributed by atoms with Crippen LogP contribution in [0.15, 0.2) is 12.1 Å². The largest absolute Gasteiger partial charge is 0.397 e. The Morgan fingerprint density at radius 2 is 1.69 bits per heavy atom. The van der Waals surface area contributed by atoms with Crippen LogP contribution in [0.3, 0.4) is 0 Å². The Hall–Kier alpha value is -1.23. The van der Waals surface area contributed by atoms with Crippen LogP contribution in [-0.2, 0) is 10.0 Å². The Kier molecular flexibility index (Phi) is 3.48. The standard InChI is InChI=1S/C11H18N2O2S/c1-7(2)16(14,15)13-11-6-9(4)8(3)5-10(11)12/h5-7,13H,12H2,1-4H3. The molecule has 0 aliphatic heterocycles. The van der Waals surface area contributed by atoms with Crippen molar-refractivity contribution in [3.05, 3.63) is 23.3 Å². The predicted octanol–water partition coefficient (Wildman–Crippen LogP) is 2.04. The molecule has 0 unspecified atom stereocenters. The second-order valence-electron chi connectivity index (χ2n) is 4.22. The van der Waals surface area contributed by atoms with Crippen molar-refractivity contribution in [2.75, 3.05) is 10.5 Å². The number of nitrogens with one attached hydrogen (secondary N) is 1. The zero-order valence-electron chi connectivity index (χ0n) is 10.0. The van der Waals surface area contributed by atoms with Crippen LogP contribution < -0.4 is 10.5 Å². The Morgan fingerprint density at radius 1 is 1.19 bits per heavy atom. The molecule has 4 nitrogen and oxygen atoms in total. The topological polar surface area (TPSA) is 72.2 Å². The molecule has 0 bridgehead atoms. The Bertz CT molecular complexity index is 493. The van der Waals surface area contributed by atoms with Gasteiger partial charge < -0.3 is 5.73 Å². The first-order valence-electron chi connectivity index (χ1n) is 5.12. The third-order valence-corrected chi connectivity index (χ3v) is 4.28. The molecule has 0 heterocycles. The molecule has 1 aromatic rings. The van der Waals surface area contributed by atoms with Crippen LogP contribution in [0.2, 0.25) is 0 Å². The van der Waals surface area contributed by atoms with E-state index in [9.17, 15) is 8.42 Å². The first-order chi connectivity index (χ1) is 7.24. The highest BCUT2D eigenvalue weighted by atomic mass is 32.2. The van der Waals surface area contributed by atoms with Crippen molar-refractivity contribution < 1.29 is 8.42 Å². The van der Waals surface area contributed by atoms with Gasteiger partial charge in [0.15, 0.2) is 0 Å². The van der Waals surface area contributed by atoms with E-state index in [0.717, 1.165) is 11.1 Å². The first kappa shape index (κ1) is 12.8. The minimum absolute atomic E-state index is 0.451. The number of nitrogen functional groups attached to an aromatic ring is 1. The smallest absolute Gasteiger partial charge is 0.235 e. The molecule has 0 fully saturated rings. The summed E-state index contributed by atoms with van der Waals surface area (Å²) < 4.78 is 25.9. The van der Waals surface area contributed by atoms with Crippen LogP contribution in [0.1, 0.15) is 25.0 Å². The Balaban J connectivity index is 3.13. The van der Waals surface area contributed by atoms with E-state index < -0.39 is 15.3 Å². The quantitative estimate of drug-likeness (QED) is 0.797. The first-order valence-corrected chi connectivity index (χ1v) is 6.67. The fourth-order valence-corrected chi connectivity index (χ4v) is 1.92. The van der Waals surface area contributed by atoms with Gasteiger partial charge in [-0.25, -0.2) is 8.42 Å². The van der Waals surface area contributed by atoms with Gasteiger partial charge in [-0.2, -0.15) is 0 Å². The lowest BCUT2D eigenvalue weighted by atomic mass is 10.1. The van der Waals surface area contributed by atoms with Gasteiger partial charge in [-0.1, -0.05) is 0 Å². The molecule has 0 saturated heterocycles. The fourth-order valence-electron chi connectivity index (χ4n) is 1.20. The molecule has 0 radical (unpaired) electrons. The number of hydrogen-bond acceptors (Lipinski definition) is 3. The monoisotopic (exact) mass is 242 g/mol. The van der Waals surface area contributed by atoms with E-state index in [2.05, 4.69) is 4.72 Å². The van der Waals surface area contributed by atoms with Crippen molar-refractivity contribution >= 4 is 21.4 Å². The average molecular weight is 242 g/mol. The highest BCUT2D eigenvalue weighted by Crippen LogP contribution is 2.24. The number of sulfonamides is 1. The number of rotatable bonds is 3. The van der Waals surface area contributed by atoms with Gasteiger partial charge in [0.1, 0.15) is 0 Å². The summed E-state index contributed by atoms with van der Waals surface area (Å²) in [6.07, 6.45) is 0. The number of anilines is 2. The third kappa shape index (κ3) is 2.66. The molecule has 16 heavy (non-hydrogen) atoms. The maximum atomic E-state index is 11.7. The molecular formula is C11H18N2O2S. The number of aryl methyl sites for hydroxylation is 2. The molecule has 0 aliphatic carbocycles. The van der Waals surface area contributed by atoms with E-state index in [-0.39, 0.29) is 0 Å². The molecule has 0 atom stereocenters. The zero-order valence-corrected chi connectivity index (χ0v) is 10.9. The third-order valence-electron chi connectivity index (χ3n) is 2.54. The molecule has 3 N–H and O–H groups in total. The summed E-state index contributed by atoms with van der Waals surface area (Å²) in [5.41, 5.74) is 8.73. The summed E-state index contributed by atoms with van der Waals surface area (Å²) in [6.45, 7) is 7.10. The lowest BCUT2D eigenvalue weighted by Crippen LogP contribution is -2.23. The molecule has 5 heteroatoms. The van der Waals surface area contributed by atoms with Gasteiger partial charge in [0.05, 0.1) is 16.6 Å². The van der Waals surface area contributed by atoms with Crippen LogP contribution in [-0.4, -0.2) is 13.7 Å². The summed E-state index contributed by atoms with van der Waals surface area (Å²) in [5, 5.41) is -0.478. The van der Waals surface area contributed by atoms with Gasteiger partial charge in [0, 0.05) is 0 Å². The maximum absolute atomic E-state index is 11.7. The molecule has 0 saturated carbocycles. The van der Waals surface area contributed by atoms with Crippen LogP contribution in [0.5, 0.6) is 0 Å². The van der Waals surface area contributed by atoms with E-state index in [1.807, 2.05) is 13.8 Å². The number of benzene rings is 1. The van der Waals surface area contributed by atoms with E-state index >= 15 is 0 Å². The van der Waals surface area contributed by atoms with E-state index in [4.69, 9.17) is 5.73 Å². The predicted molar refractivity (Wildman–Crippen MR) is 68.0 cm³/mol. The Morgan fingerprint density at radius 3 is 2.19 bits per heavy atom. The van der Waals surface area contributed by atoms with Crippen molar-refractivity contribution in [3.63, 3.8) is 0 Å². The highest BCUT2D eigenvalue weighted by Gasteiger charge is 2.17. The van der Waals surface area contributed by atoms with Crippen molar-refractivity contribution in [2.45, 2.75) is 32.9 Å².